The molecule has 2 N–H and O–H groups in total. The van der Waals surface area contributed by atoms with Crippen molar-refractivity contribution in [3.8, 4) is 0 Å². The molecule has 0 aliphatic carbocycles. The van der Waals surface area contributed by atoms with Gasteiger partial charge in [-0.05, 0) is 18.8 Å². The maximum atomic E-state index is 9.01. The lowest BCUT2D eigenvalue weighted by Crippen LogP contribution is -2.27. The van der Waals surface area contributed by atoms with E-state index in [0.29, 0.717) is 18.9 Å². The van der Waals surface area contributed by atoms with Crippen LogP contribution in [0.4, 0.5) is 0 Å². The molecule has 0 bridgehead atoms. The number of ether oxygens (including phenoxy) is 1. The van der Waals surface area contributed by atoms with Crippen LogP contribution in [0.25, 0.3) is 0 Å². The van der Waals surface area contributed by atoms with Gasteiger partial charge in [-0.2, -0.15) is 0 Å². The molecular weight excluding hydrogens is 180 g/mol. The third-order valence-electron chi connectivity index (χ3n) is 2.45. The topological polar surface area (TPSA) is 49.7 Å². The predicted molar refractivity (Wildman–Crippen MR) is 57.2 cm³/mol. The first-order chi connectivity index (χ1) is 6.54. The highest BCUT2D eigenvalue weighted by Crippen LogP contribution is 2.19. The normalized spacial score (nSPS) is 12.4. The summed E-state index contributed by atoms with van der Waals surface area (Å²) in [5.41, 5.74) is -0.391. The van der Waals surface area contributed by atoms with Gasteiger partial charge in [0.2, 0.25) is 0 Å². The monoisotopic (exact) mass is 204 g/mol. The molecule has 3 heteroatoms. The van der Waals surface area contributed by atoms with E-state index in [1.165, 1.54) is 0 Å². The van der Waals surface area contributed by atoms with E-state index in [9.17, 15) is 0 Å². The maximum absolute atomic E-state index is 9.01. The van der Waals surface area contributed by atoms with E-state index in [2.05, 4.69) is 13.8 Å². The van der Waals surface area contributed by atoms with E-state index in [4.69, 9.17) is 14.9 Å². The molecule has 0 radical (unpaired) electrons. The van der Waals surface area contributed by atoms with Crippen LogP contribution < -0.4 is 0 Å². The van der Waals surface area contributed by atoms with Crippen molar-refractivity contribution in [2.24, 2.45) is 11.3 Å². The second-order valence-electron chi connectivity index (χ2n) is 4.67. The Morgan fingerprint density at radius 2 is 1.71 bits per heavy atom. The standard InChI is InChI=1S/C11H24O3/c1-10(2)4-6-14-7-5-11(3,8-12)9-13/h10,12-13H,4-9H2,1-3H3. The molecular formula is C11H24O3. The van der Waals surface area contributed by atoms with E-state index in [1.807, 2.05) is 6.92 Å². The second kappa shape index (κ2) is 7.21. The first-order valence-electron chi connectivity index (χ1n) is 5.33. The van der Waals surface area contributed by atoms with E-state index in [1.54, 1.807) is 0 Å². The Balaban J connectivity index is 3.43. The summed E-state index contributed by atoms with van der Waals surface area (Å²) >= 11 is 0. The van der Waals surface area contributed by atoms with Crippen LogP contribution in [-0.2, 0) is 4.74 Å². The minimum atomic E-state index is -0.391. The van der Waals surface area contributed by atoms with E-state index in [-0.39, 0.29) is 13.2 Å². The molecule has 3 nitrogen and oxygen atoms in total. The van der Waals surface area contributed by atoms with Gasteiger partial charge in [-0.25, -0.2) is 0 Å². The fraction of sp³-hybridized carbons (Fsp3) is 1.00. The van der Waals surface area contributed by atoms with Gasteiger partial charge in [0.1, 0.15) is 0 Å². The zero-order chi connectivity index (χ0) is 11.0. The van der Waals surface area contributed by atoms with Crippen LogP contribution in [0.2, 0.25) is 0 Å². The van der Waals surface area contributed by atoms with Gasteiger partial charge in [-0.3, -0.25) is 0 Å². The molecule has 0 spiro atoms. The molecule has 0 heterocycles. The molecule has 0 aromatic rings. The molecule has 14 heavy (non-hydrogen) atoms. The molecule has 0 aliphatic rings. The van der Waals surface area contributed by atoms with E-state index < -0.39 is 5.41 Å². The summed E-state index contributed by atoms with van der Waals surface area (Å²) in [5, 5.41) is 18.0. The van der Waals surface area contributed by atoms with Crippen molar-refractivity contribution in [2.75, 3.05) is 26.4 Å². The molecule has 86 valence electrons. The Kier molecular flexibility index (Phi) is 7.15. The van der Waals surface area contributed by atoms with Crippen LogP contribution in [0.3, 0.4) is 0 Å². The third-order valence-corrected chi connectivity index (χ3v) is 2.45. The summed E-state index contributed by atoms with van der Waals surface area (Å²) in [4.78, 5) is 0. The lowest BCUT2D eigenvalue weighted by Gasteiger charge is -2.24. The number of rotatable bonds is 8. The number of hydrogen-bond acceptors (Lipinski definition) is 3. The van der Waals surface area contributed by atoms with E-state index >= 15 is 0 Å². The molecule has 0 fully saturated rings. The minimum absolute atomic E-state index is 0.0110. The van der Waals surface area contributed by atoms with Gasteiger partial charge in [0.15, 0.2) is 0 Å². The highest BCUT2D eigenvalue weighted by molar-refractivity contribution is 4.71. The van der Waals surface area contributed by atoms with Crippen LogP contribution in [-0.4, -0.2) is 36.6 Å². The largest absolute Gasteiger partial charge is 0.396 e. The molecule has 0 saturated heterocycles. The highest BCUT2D eigenvalue weighted by Gasteiger charge is 2.21. The lowest BCUT2D eigenvalue weighted by atomic mass is 9.89. The number of aliphatic hydroxyl groups excluding tert-OH is 2. The van der Waals surface area contributed by atoms with Crippen molar-refractivity contribution in [2.45, 2.75) is 33.6 Å². The van der Waals surface area contributed by atoms with Gasteiger partial charge in [0.25, 0.3) is 0 Å². The summed E-state index contributed by atoms with van der Waals surface area (Å²) in [7, 11) is 0. The fourth-order valence-electron chi connectivity index (χ4n) is 0.948. The molecule has 0 aliphatic heterocycles. The van der Waals surface area contributed by atoms with Crippen LogP contribution in [0.1, 0.15) is 33.6 Å². The average molecular weight is 204 g/mol. The molecule has 0 saturated carbocycles. The van der Waals surface area contributed by atoms with Crippen molar-refractivity contribution in [1.29, 1.82) is 0 Å². The van der Waals surface area contributed by atoms with Crippen molar-refractivity contribution in [1.82, 2.24) is 0 Å². The first-order valence-corrected chi connectivity index (χ1v) is 5.33. The van der Waals surface area contributed by atoms with Gasteiger partial charge in [0, 0.05) is 18.6 Å². The van der Waals surface area contributed by atoms with Gasteiger partial charge < -0.3 is 14.9 Å². The van der Waals surface area contributed by atoms with Crippen LogP contribution in [0.15, 0.2) is 0 Å². The smallest absolute Gasteiger partial charge is 0.0507 e. The fourth-order valence-corrected chi connectivity index (χ4v) is 0.948. The van der Waals surface area contributed by atoms with Crippen molar-refractivity contribution < 1.29 is 14.9 Å². The Morgan fingerprint density at radius 3 is 2.14 bits per heavy atom. The Bertz CT molecular complexity index is 130. The minimum Gasteiger partial charge on any atom is -0.396 e. The summed E-state index contributed by atoms with van der Waals surface area (Å²) in [6.07, 6.45) is 1.77. The van der Waals surface area contributed by atoms with Gasteiger partial charge in [0.05, 0.1) is 13.2 Å². The first kappa shape index (κ1) is 13.9. The quantitative estimate of drug-likeness (QED) is 0.588. The van der Waals surface area contributed by atoms with Gasteiger partial charge >= 0.3 is 0 Å². The highest BCUT2D eigenvalue weighted by atomic mass is 16.5. The Hall–Kier alpha value is -0.120. The lowest BCUT2D eigenvalue weighted by molar-refractivity contribution is 0.0261. The molecule has 0 atom stereocenters. The third kappa shape index (κ3) is 6.35. The van der Waals surface area contributed by atoms with Crippen LogP contribution in [0.5, 0.6) is 0 Å². The zero-order valence-electron chi connectivity index (χ0n) is 9.62. The van der Waals surface area contributed by atoms with Crippen molar-refractivity contribution in [3.63, 3.8) is 0 Å². The molecule has 0 amide bonds. The molecule has 0 rings (SSSR count). The Labute approximate surface area is 87.1 Å². The van der Waals surface area contributed by atoms with Crippen molar-refractivity contribution in [3.05, 3.63) is 0 Å². The number of aliphatic hydroxyl groups is 2. The number of hydrogen-bond donors (Lipinski definition) is 2. The average Bonchev–Trinajstić information content (AvgIpc) is 2.16. The predicted octanol–water partition coefficient (Wildman–Crippen LogP) is 1.43. The summed E-state index contributed by atoms with van der Waals surface area (Å²) in [6.45, 7) is 7.59. The van der Waals surface area contributed by atoms with Crippen LogP contribution >= 0.6 is 0 Å². The molecule has 0 aromatic carbocycles. The summed E-state index contributed by atoms with van der Waals surface area (Å²) < 4.78 is 5.42. The van der Waals surface area contributed by atoms with E-state index in [0.717, 1.165) is 13.0 Å². The van der Waals surface area contributed by atoms with Crippen molar-refractivity contribution >= 4 is 0 Å². The SMILES string of the molecule is CC(C)CCOCCC(C)(CO)CO. The molecule has 0 aromatic heterocycles. The second-order valence-corrected chi connectivity index (χ2v) is 4.67. The van der Waals surface area contributed by atoms with Gasteiger partial charge in [-0.1, -0.05) is 20.8 Å². The maximum Gasteiger partial charge on any atom is 0.0507 e. The zero-order valence-corrected chi connectivity index (χ0v) is 9.62. The van der Waals surface area contributed by atoms with Crippen LogP contribution in [0, 0.1) is 11.3 Å². The van der Waals surface area contributed by atoms with Gasteiger partial charge in [-0.15, -0.1) is 0 Å². The summed E-state index contributed by atoms with van der Waals surface area (Å²) in [6, 6.07) is 0. The summed E-state index contributed by atoms with van der Waals surface area (Å²) in [5.74, 6) is 0.664. The Morgan fingerprint density at radius 1 is 1.14 bits per heavy atom. The molecule has 0 unspecified atom stereocenters.